The van der Waals surface area contributed by atoms with Crippen LogP contribution in [0.1, 0.15) is 12.5 Å². The van der Waals surface area contributed by atoms with E-state index in [4.69, 9.17) is 11.6 Å². The predicted molar refractivity (Wildman–Crippen MR) is 95.5 cm³/mol. The van der Waals surface area contributed by atoms with Crippen molar-refractivity contribution in [2.45, 2.75) is 30.2 Å². The molecule has 0 aliphatic heterocycles. The number of aromatic nitrogens is 1. The Morgan fingerprint density at radius 2 is 1.75 bits per heavy atom. The van der Waals surface area contributed by atoms with E-state index in [0.717, 1.165) is 5.56 Å². The van der Waals surface area contributed by atoms with Crippen molar-refractivity contribution >= 4 is 32.3 Å². The fourth-order valence-electron chi connectivity index (χ4n) is 2.64. The molecule has 0 saturated heterocycles. The van der Waals surface area contributed by atoms with Gasteiger partial charge in [-0.05, 0) is 44.2 Å². The predicted octanol–water partition coefficient (Wildman–Crippen LogP) is 3.82. The molecule has 0 radical (unpaired) electrons. The summed E-state index contributed by atoms with van der Waals surface area (Å²) in [4.78, 5) is 12.7. The van der Waals surface area contributed by atoms with Crippen LogP contribution in [0.4, 0.5) is 0 Å². The summed E-state index contributed by atoms with van der Waals surface area (Å²) in [5, 5.41) is 0.699. The normalized spacial score (nSPS) is 11.8. The van der Waals surface area contributed by atoms with Gasteiger partial charge in [0.2, 0.25) is 15.3 Å². The molecule has 3 rings (SSSR count). The van der Waals surface area contributed by atoms with E-state index < -0.39 is 15.3 Å². The number of nitrogens with zero attached hydrogens (tertiary/aromatic N) is 1. The van der Waals surface area contributed by atoms with Gasteiger partial charge in [0.05, 0.1) is 10.4 Å². The second-order valence-electron chi connectivity index (χ2n) is 5.59. The van der Waals surface area contributed by atoms with E-state index in [9.17, 15) is 13.2 Å². The smallest absolute Gasteiger partial charge is 0.211 e. The van der Waals surface area contributed by atoms with Crippen LogP contribution in [0.15, 0.2) is 63.2 Å². The molecule has 0 atom stereocenters. The molecule has 1 heterocycles. The second kappa shape index (κ2) is 6.07. The summed E-state index contributed by atoms with van der Waals surface area (Å²) in [6, 6.07) is 11.4. The van der Waals surface area contributed by atoms with E-state index in [1.807, 2.05) is 13.8 Å². The number of hydrogen-bond donors (Lipinski definition) is 0. The van der Waals surface area contributed by atoms with Crippen LogP contribution in [0, 0.1) is 6.92 Å². The first kappa shape index (κ1) is 16.7. The van der Waals surface area contributed by atoms with Crippen molar-refractivity contribution < 1.29 is 8.42 Å². The van der Waals surface area contributed by atoms with Crippen LogP contribution >= 0.6 is 11.6 Å². The number of rotatable bonds is 3. The lowest BCUT2D eigenvalue weighted by Crippen LogP contribution is -2.19. The largest absolute Gasteiger partial charge is 0.346 e. The first-order chi connectivity index (χ1) is 11.3. The van der Waals surface area contributed by atoms with Crippen molar-refractivity contribution in [1.82, 2.24) is 4.57 Å². The molecule has 124 valence electrons. The molecule has 1 aromatic heterocycles. The lowest BCUT2D eigenvalue weighted by Gasteiger charge is -2.12. The van der Waals surface area contributed by atoms with E-state index in [1.165, 1.54) is 24.4 Å². The molecule has 24 heavy (non-hydrogen) atoms. The van der Waals surface area contributed by atoms with Gasteiger partial charge < -0.3 is 4.57 Å². The van der Waals surface area contributed by atoms with E-state index in [-0.39, 0.29) is 9.79 Å². The van der Waals surface area contributed by atoms with E-state index >= 15 is 0 Å². The van der Waals surface area contributed by atoms with Gasteiger partial charge in [0.15, 0.2) is 0 Å². The van der Waals surface area contributed by atoms with Gasteiger partial charge in [0, 0.05) is 23.2 Å². The summed E-state index contributed by atoms with van der Waals surface area (Å²) < 4.78 is 27.6. The maximum Gasteiger partial charge on any atom is 0.211 e. The number of sulfone groups is 1. The molecular weight excluding hydrogens is 346 g/mol. The zero-order chi connectivity index (χ0) is 17.5. The summed E-state index contributed by atoms with van der Waals surface area (Å²) in [6.07, 6.45) is 1.41. The summed E-state index contributed by atoms with van der Waals surface area (Å²) in [5.74, 6) is 0. The van der Waals surface area contributed by atoms with Crippen LogP contribution in [-0.4, -0.2) is 13.0 Å². The molecule has 3 aromatic rings. The highest BCUT2D eigenvalue weighted by molar-refractivity contribution is 7.91. The van der Waals surface area contributed by atoms with Crippen LogP contribution in [0.2, 0.25) is 5.02 Å². The van der Waals surface area contributed by atoms with Crippen LogP contribution < -0.4 is 5.43 Å². The fourth-order valence-corrected chi connectivity index (χ4v) is 4.18. The lowest BCUT2D eigenvalue weighted by molar-refractivity contribution is 0.593. The highest BCUT2D eigenvalue weighted by Crippen LogP contribution is 2.23. The molecule has 0 unspecified atom stereocenters. The number of pyridine rings is 1. The first-order valence-electron chi connectivity index (χ1n) is 7.49. The Balaban J connectivity index is 2.35. The summed E-state index contributed by atoms with van der Waals surface area (Å²) >= 11 is 5.99. The maximum absolute atomic E-state index is 12.9. The first-order valence-corrected chi connectivity index (χ1v) is 9.35. The van der Waals surface area contributed by atoms with Crippen molar-refractivity contribution in [3.63, 3.8) is 0 Å². The average molecular weight is 362 g/mol. The van der Waals surface area contributed by atoms with Gasteiger partial charge in [-0.1, -0.05) is 29.3 Å². The van der Waals surface area contributed by atoms with E-state index in [0.29, 0.717) is 22.5 Å². The molecule has 0 saturated carbocycles. The van der Waals surface area contributed by atoms with Gasteiger partial charge in [0.1, 0.15) is 4.90 Å². The van der Waals surface area contributed by atoms with Crippen molar-refractivity contribution in [3.8, 4) is 0 Å². The molecule has 0 spiro atoms. The Hall–Kier alpha value is -2.11. The Morgan fingerprint density at radius 3 is 2.38 bits per heavy atom. The van der Waals surface area contributed by atoms with E-state index in [2.05, 4.69) is 0 Å². The molecule has 4 nitrogen and oxygen atoms in total. The molecule has 0 aliphatic rings. The highest BCUT2D eigenvalue weighted by atomic mass is 35.5. The van der Waals surface area contributed by atoms with Gasteiger partial charge in [-0.15, -0.1) is 0 Å². The minimum atomic E-state index is -3.90. The zero-order valence-electron chi connectivity index (χ0n) is 13.3. The van der Waals surface area contributed by atoms with Crippen LogP contribution in [0.3, 0.4) is 0 Å². The van der Waals surface area contributed by atoms with Crippen LogP contribution in [-0.2, 0) is 16.4 Å². The van der Waals surface area contributed by atoms with Crippen molar-refractivity contribution in [2.24, 2.45) is 0 Å². The number of benzene rings is 2. The standard InChI is InChI=1S/C18H16ClNO3S/c1-3-20-11-17(18(21)15-10-13(19)6-9-16(15)20)24(22,23)14-7-4-12(2)5-8-14/h4-11H,3H2,1-2H3. The third-order valence-electron chi connectivity index (χ3n) is 3.97. The molecule has 0 aliphatic carbocycles. The SMILES string of the molecule is CCn1cc(S(=O)(=O)c2ccc(C)cc2)c(=O)c2cc(Cl)ccc21. The van der Waals surface area contributed by atoms with Crippen LogP contribution in [0.25, 0.3) is 10.9 Å². The molecule has 0 N–H and O–H groups in total. The summed E-state index contributed by atoms with van der Waals surface area (Å²) in [5.41, 5.74) is 1.08. The molecule has 0 fully saturated rings. The molecular formula is C18H16ClNO3S. The van der Waals surface area contributed by atoms with Crippen molar-refractivity contribution in [2.75, 3.05) is 0 Å². The van der Waals surface area contributed by atoms with Gasteiger partial charge >= 0.3 is 0 Å². The Kier molecular flexibility index (Phi) is 4.24. The Bertz CT molecular complexity index is 1080. The third kappa shape index (κ3) is 2.74. The minimum absolute atomic E-state index is 0.106. The lowest BCUT2D eigenvalue weighted by atomic mass is 10.2. The zero-order valence-corrected chi connectivity index (χ0v) is 14.9. The topological polar surface area (TPSA) is 56.1 Å². The van der Waals surface area contributed by atoms with Gasteiger partial charge in [-0.3, -0.25) is 4.79 Å². The minimum Gasteiger partial charge on any atom is -0.346 e. The van der Waals surface area contributed by atoms with Gasteiger partial charge in [-0.25, -0.2) is 8.42 Å². The third-order valence-corrected chi connectivity index (χ3v) is 5.97. The molecule has 0 amide bonds. The van der Waals surface area contributed by atoms with Gasteiger partial charge in [-0.2, -0.15) is 0 Å². The summed E-state index contributed by atoms with van der Waals surface area (Å²) in [6.45, 7) is 4.30. The van der Waals surface area contributed by atoms with E-state index in [1.54, 1.807) is 28.8 Å². The van der Waals surface area contributed by atoms with Crippen molar-refractivity contribution in [3.05, 3.63) is 69.5 Å². The number of fused-ring (bicyclic) bond motifs is 1. The highest BCUT2D eigenvalue weighted by Gasteiger charge is 2.23. The average Bonchev–Trinajstić information content (AvgIpc) is 2.56. The Morgan fingerprint density at radius 1 is 1.08 bits per heavy atom. The number of halogens is 1. The van der Waals surface area contributed by atoms with Gasteiger partial charge in [0.25, 0.3) is 0 Å². The molecule has 2 aromatic carbocycles. The molecule has 6 heteroatoms. The number of hydrogen-bond acceptors (Lipinski definition) is 3. The second-order valence-corrected chi connectivity index (χ2v) is 7.94. The maximum atomic E-state index is 12.9. The monoisotopic (exact) mass is 361 g/mol. The van der Waals surface area contributed by atoms with Crippen molar-refractivity contribution in [1.29, 1.82) is 0 Å². The van der Waals surface area contributed by atoms with Crippen LogP contribution in [0.5, 0.6) is 0 Å². The summed E-state index contributed by atoms with van der Waals surface area (Å²) in [7, 11) is -3.90. The fraction of sp³-hybridized carbons (Fsp3) is 0.167. The quantitative estimate of drug-likeness (QED) is 0.712. The number of aryl methyl sites for hydroxylation is 2. The molecule has 0 bridgehead atoms. The Labute approximate surface area is 145 Å².